The summed E-state index contributed by atoms with van der Waals surface area (Å²) in [6.45, 7) is 6.12. The number of rotatable bonds is 3. The molecule has 2 rings (SSSR count). The fourth-order valence-electron chi connectivity index (χ4n) is 1.98. The monoisotopic (exact) mass is 296 g/mol. The molecule has 0 bridgehead atoms. The van der Waals surface area contributed by atoms with Crippen molar-refractivity contribution in [3.8, 4) is 0 Å². The van der Waals surface area contributed by atoms with E-state index in [-0.39, 0.29) is 30.6 Å². The minimum Gasteiger partial charge on any atom is -0.379 e. The van der Waals surface area contributed by atoms with Crippen LogP contribution < -0.4 is 5.01 Å². The number of morpholine rings is 1. The van der Waals surface area contributed by atoms with Gasteiger partial charge < -0.3 is 9.75 Å². The Morgan fingerprint density at radius 2 is 1.94 bits per heavy atom. The van der Waals surface area contributed by atoms with Crippen molar-refractivity contribution in [2.45, 2.75) is 6.92 Å². The number of hydrogen-bond donors (Lipinski definition) is 0. The van der Waals surface area contributed by atoms with Crippen molar-refractivity contribution in [3.63, 3.8) is 0 Å². The van der Waals surface area contributed by atoms with Crippen molar-refractivity contribution in [2.75, 3.05) is 37.9 Å². The molecule has 0 saturated carbocycles. The molecule has 1 aliphatic heterocycles. The molecule has 1 saturated heterocycles. The lowest BCUT2D eigenvalue weighted by Gasteiger charge is -2.38. The number of ether oxygens (including phenoxy) is 1. The smallest absolute Gasteiger partial charge is 0.125 e. The second-order valence-corrected chi connectivity index (χ2v) is 3.76. The third-order valence-corrected chi connectivity index (χ3v) is 2.73. The molecule has 0 N–H and O–H groups in total. The highest BCUT2D eigenvalue weighted by Crippen LogP contribution is 2.18. The van der Waals surface area contributed by atoms with Crippen LogP contribution in [0.5, 0.6) is 0 Å². The first-order valence-electron chi connectivity index (χ1n) is 5.67. The van der Waals surface area contributed by atoms with Crippen LogP contribution in [-0.2, 0) is 4.74 Å². The lowest BCUT2D eigenvalue weighted by Crippen LogP contribution is -2.49. The maximum atomic E-state index is 13.2. The number of benzene rings is 1. The van der Waals surface area contributed by atoms with Gasteiger partial charge in [0.15, 0.2) is 0 Å². The van der Waals surface area contributed by atoms with Crippen molar-refractivity contribution in [1.82, 2.24) is 5.01 Å². The summed E-state index contributed by atoms with van der Waals surface area (Å²) in [5, 5.41) is 4.31. The van der Waals surface area contributed by atoms with Crippen LogP contribution in [0.4, 0.5) is 10.1 Å². The summed E-state index contributed by atoms with van der Waals surface area (Å²) in [5.74, 6) is -0.191. The van der Waals surface area contributed by atoms with Crippen molar-refractivity contribution in [1.29, 1.82) is 0 Å². The first-order chi connectivity index (χ1) is 7.81. The highest BCUT2D eigenvalue weighted by Gasteiger charge is 2.17. The second kappa shape index (κ2) is 8.53. The SMILES string of the molecule is CCN(c1cccc(F)c1)N1CCOCC1.Cl.Cl. The summed E-state index contributed by atoms with van der Waals surface area (Å²) in [4.78, 5) is 0. The zero-order chi connectivity index (χ0) is 11.4. The van der Waals surface area contributed by atoms with Crippen LogP contribution in [0.15, 0.2) is 24.3 Å². The standard InChI is InChI=1S/C12H17FN2O.2ClH/c1-2-15(14-6-8-16-9-7-14)12-5-3-4-11(13)10-12;;/h3-5,10H,2,6-9H2,1H3;2*1H. The third kappa shape index (κ3) is 4.28. The lowest BCUT2D eigenvalue weighted by molar-refractivity contribution is 0.0322. The van der Waals surface area contributed by atoms with Gasteiger partial charge in [0, 0.05) is 19.6 Å². The van der Waals surface area contributed by atoms with Crippen LogP contribution in [0.2, 0.25) is 0 Å². The molecule has 6 heteroatoms. The van der Waals surface area contributed by atoms with E-state index in [1.807, 2.05) is 6.07 Å². The predicted molar refractivity (Wildman–Crippen MR) is 76.3 cm³/mol. The minimum absolute atomic E-state index is 0. The molecule has 0 spiro atoms. The summed E-state index contributed by atoms with van der Waals surface area (Å²) < 4.78 is 18.5. The van der Waals surface area contributed by atoms with Gasteiger partial charge in [-0.1, -0.05) is 6.07 Å². The van der Waals surface area contributed by atoms with Crippen LogP contribution in [-0.4, -0.2) is 37.9 Å². The van der Waals surface area contributed by atoms with E-state index in [0.717, 1.165) is 38.5 Å². The van der Waals surface area contributed by atoms with Gasteiger partial charge in [0.25, 0.3) is 0 Å². The summed E-state index contributed by atoms with van der Waals surface area (Å²) in [5.41, 5.74) is 0.907. The largest absolute Gasteiger partial charge is 0.379 e. The van der Waals surface area contributed by atoms with Gasteiger partial charge in [0.05, 0.1) is 18.9 Å². The number of nitrogens with zero attached hydrogens (tertiary/aromatic N) is 2. The van der Waals surface area contributed by atoms with Crippen molar-refractivity contribution in [2.24, 2.45) is 0 Å². The maximum Gasteiger partial charge on any atom is 0.125 e. The van der Waals surface area contributed by atoms with E-state index in [2.05, 4.69) is 16.9 Å². The first kappa shape index (κ1) is 17.4. The second-order valence-electron chi connectivity index (χ2n) is 3.76. The average molecular weight is 297 g/mol. The van der Waals surface area contributed by atoms with Gasteiger partial charge in [0.2, 0.25) is 0 Å². The molecule has 0 radical (unpaired) electrons. The first-order valence-corrected chi connectivity index (χ1v) is 5.67. The van der Waals surface area contributed by atoms with E-state index in [1.54, 1.807) is 12.1 Å². The van der Waals surface area contributed by atoms with Crippen molar-refractivity contribution >= 4 is 30.5 Å². The van der Waals surface area contributed by atoms with Gasteiger partial charge in [0.1, 0.15) is 5.82 Å². The molecule has 1 aliphatic rings. The van der Waals surface area contributed by atoms with Gasteiger partial charge in [-0.3, -0.25) is 0 Å². The molecular formula is C12H19Cl2FN2O. The molecule has 3 nitrogen and oxygen atoms in total. The van der Waals surface area contributed by atoms with Crippen LogP contribution in [0.3, 0.4) is 0 Å². The summed E-state index contributed by atoms with van der Waals surface area (Å²) in [6.07, 6.45) is 0. The average Bonchev–Trinajstić information content (AvgIpc) is 2.31. The Bertz CT molecular complexity index is 349. The number of hydrazine groups is 1. The summed E-state index contributed by atoms with van der Waals surface area (Å²) >= 11 is 0. The number of anilines is 1. The lowest BCUT2D eigenvalue weighted by atomic mass is 10.3. The quantitative estimate of drug-likeness (QED) is 0.853. The topological polar surface area (TPSA) is 15.7 Å². The fourth-order valence-corrected chi connectivity index (χ4v) is 1.98. The van der Waals surface area contributed by atoms with E-state index in [9.17, 15) is 4.39 Å². The molecule has 0 aromatic heterocycles. The number of halogens is 3. The van der Waals surface area contributed by atoms with Crippen LogP contribution >= 0.6 is 24.8 Å². The van der Waals surface area contributed by atoms with Crippen LogP contribution in [0.1, 0.15) is 6.92 Å². The summed E-state index contributed by atoms with van der Waals surface area (Å²) in [6, 6.07) is 6.71. The molecule has 1 aromatic rings. The van der Waals surface area contributed by atoms with Gasteiger partial charge >= 0.3 is 0 Å². The minimum atomic E-state index is -0.191. The molecule has 1 aromatic carbocycles. The van der Waals surface area contributed by atoms with E-state index < -0.39 is 0 Å². The van der Waals surface area contributed by atoms with E-state index in [1.165, 1.54) is 6.07 Å². The van der Waals surface area contributed by atoms with E-state index in [0.29, 0.717) is 0 Å². The fraction of sp³-hybridized carbons (Fsp3) is 0.500. The Kier molecular flexibility index (Phi) is 8.27. The van der Waals surface area contributed by atoms with E-state index >= 15 is 0 Å². The maximum absolute atomic E-state index is 13.2. The molecular weight excluding hydrogens is 278 g/mol. The van der Waals surface area contributed by atoms with Crippen molar-refractivity contribution in [3.05, 3.63) is 30.1 Å². The Morgan fingerprint density at radius 3 is 2.50 bits per heavy atom. The molecule has 1 fully saturated rings. The third-order valence-electron chi connectivity index (χ3n) is 2.73. The summed E-state index contributed by atoms with van der Waals surface area (Å²) in [7, 11) is 0. The number of hydrogen-bond acceptors (Lipinski definition) is 3. The van der Waals surface area contributed by atoms with Gasteiger partial charge in [-0.2, -0.15) is 0 Å². The predicted octanol–water partition coefficient (Wildman–Crippen LogP) is 2.74. The zero-order valence-electron chi connectivity index (χ0n) is 10.3. The Morgan fingerprint density at radius 1 is 1.28 bits per heavy atom. The molecule has 0 unspecified atom stereocenters. The molecule has 0 aliphatic carbocycles. The highest BCUT2D eigenvalue weighted by molar-refractivity contribution is 5.85. The Labute approximate surface area is 120 Å². The Balaban J connectivity index is 0.00000144. The zero-order valence-corrected chi connectivity index (χ0v) is 12.0. The van der Waals surface area contributed by atoms with Crippen molar-refractivity contribution < 1.29 is 9.13 Å². The molecule has 1 heterocycles. The normalized spacial score (nSPS) is 15.4. The molecule has 0 amide bonds. The molecule has 18 heavy (non-hydrogen) atoms. The van der Waals surface area contributed by atoms with Crippen LogP contribution in [0, 0.1) is 5.82 Å². The molecule has 104 valence electrons. The highest BCUT2D eigenvalue weighted by atomic mass is 35.5. The van der Waals surface area contributed by atoms with Gasteiger partial charge in [-0.05, 0) is 25.1 Å². The van der Waals surface area contributed by atoms with E-state index in [4.69, 9.17) is 4.74 Å². The Hall–Kier alpha value is -0.550. The molecule has 0 atom stereocenters. The van der Waals surface area contributed by atoms with Gasteiger partial charge in [-0.15, -0.1) is 24.8 Å². The van der Waals surface area contributed by atoms with Gasteiger partial charge in [-0.25, -0.2) is 9.40 Å². The van der Waals surface area contributed by atoms with Crippen LogP contribution in [0.25, 0.3) is 0 Å².